The van der Waals surface area contributed by atoms with Crippen molar-refractivity contribution in [1.82, 2.24) is 0 Å². The predicted octanol–water partition coefficient (Wildman–Crippen LogP) is 6.60. The molecule has 2 aliphatic heterocycles. The Morgan fingerprint density at radius 2 is 1.42 bits per heavy atom. The number of nitrogens with zero attached hydrogens (tertiary/aromatic N) is 3. The maximum Gasteiger partial charge on any atom is 0.270 e. The number of rotatable bonds is 4. The molecule has 0 spiro atoms. The van der Waals surface area contributed by atoms with Crippen molar-refractivity contribution in [1.29, 1.82) is 0 Å². The second-order valence-electron chi connectivity index (χ2n) is 9.91. The summed E-state index contributed by atoms with van der Waals surface area (Å²) in [4.78, 5) is 32.3. The number of para-hydroxylation sites is 2. The fourth-order valence-electron chi connectivity index (χ4n) is 5.30. The number of anilines is 3. The van der Waals surface area contributed by atoms with E-state index in [-0.39, 0.29) is 21.8 Å². The Hall–Kier alpha value is -4.10. The molecule has 1 fully saturated rings. The van der Waals surface area contributed by atoms with Gasteiger partial charge in [0.05, 0.1) is 16.9 Å². The molecule has 0 aliphatic carbocycles. The zero-order valence-electron chi connectivity index (χ0n) is 21.7. The first-order valence-electron chi connectivity index (χ1n) is 12.5. The van der Waals surface area contributed by atoms with Crippen molar-refractivity contribution in [2.75, 3.05) is 21.2 Å². The lowest BCUT2D eigenvalue weighted by Gasteiger charge is -2.43. The van der Waals surface area contributed by atoms with Crippen LogP contribution in [0.25, 0.3) is 11.6 Å². The van der Waals surface area contributed by atoms with E-state index in [0.717, 1.165) is 16.8 Å². The summed E-state index contributed by atoms with van der Waals surface area (Å²) in [6.45, 7) is 8.92. The summed E-state index contributed by atoms with van der Waals surface area (Å²) >= 11 is 5.65. The average Bonchev–Trinajstić information content (AvgIpc) is 2.88. The van der Waals surface area contributed by atoms with Crippen LogP contribution in [-0.4, -0.2) is 29.0 Å². The van der Waals surface area contributed by atoms with Gasteiger partial charge in [-0.2, -0.15) is 0 Å². The van der Waals surface area contributed by atoms with E-state index >= 15 is 4.39 Å². The molecule has 2 aliphatic rings. The molecule has 38 heavy (non-hydrogen) atoms. The number of allylic oxidation sites excluding steroid dienone is 1. The van der Waals surface area contributed by atoms with E-state index in [4.69, 9.17) is 12.2 Å². The largest absolute Gasteiger partial charge is 0.363 e. The molecule has 192 valence electrons. The molecular formula is C31H28FN3O2S. The topological polar surface area (TPSA) is 43.9 Å². The fourth-order valence-corrected chi connectivity index (χ4v) is 5.67. The van der Waals surface area contributed by atoms with Gasteiger partial charge in [-0.05, 0) is 88.0 Å². The maximum atomic E-state index is 15.6. The minimum absolute atomic E-state index is 0.0417. The Kier molecular flexibility index (Phi) is 6.49. The molecule has 3 aromatic rings. The summed E-state index contributed by atoms with van der Waals surface area (Å²) in [5, 5.41) is 0.0417. The van der Waals surface area contributed by atoms with Gasteiger partial charge in [0.1, 0.15) is 11.4 Å². The molecule has 5 rings (SSSR count). The Labute approximate surface area is 227 Å². The molecule has 5 nitrogen and oxygen atoms in total. The Morgan fingerprint density at radius 1 is 0.895 bits per heavy atom. The Bertz CT molecular complexity index is 1450. The van der Waals surface area contributed by atoms with Crippen molar-refractivity contribution >= 4 is 57.9 Å². The van der Waals surface area contributed by atoms with Crippen LogP contribution in [0.4, 0.5) is 21.5 Å². The van der Waals surface area contributed by atoms with Gasteiger partial charge in [0, 0.05) is 23.4 Å². The lowest BCUT2D eigenvalue weighted by Crippen LogP contribution is -2.56. The zero-order valence-corrected chi connectivity index (χ0v) is 22.6. The van der Waals surface area contributed by atoms with Gasteiger partial charge in [-0.3, -0.25) is 19.4 Å². The molecule has 1 saturated heterocycles. The lowest BCUT2D eigenvalue weighted by molar-refractivity contribution is -0.120. The number of thiocarbonyl (C=S) groups is 1. The molecule has 2 amide bonds. The van der Waals surface area contributed by atoms with Crippen molar-refractivity contribution in [2.45, 2.75) is 33.2 Å². The number of carbonyl (C=O) groups is 2. The van der Waals surface area contributed by atoms with Gasteiger partial charge in [0.15, 0.2) is 5.11 Å². The molecular weight excluding hydrogens is 497 g/mol. The molecule has 7 heteroatoms. The zero-order chi connectivity index (χ0) is 27.2. The minimum Gasteiger partial charge on any atom is -0.363 e. The quantitative estimate of drug-likeness (QED) is 0.219. The first-order valence-corrected chi connectivity index (χ1v) is 12.9. The van der Waals surface area contributed by atoms with Crippen LogP contribution in [0.2, 0.25) is 0 Å². The van der Waals surface area contributed by atoms with Gasteiger partial charge in [0.2, 0.25) is 0 Å². The van der Waals surface area contributed by atoms with Gasteiger partial charge < -0.3 is 4.90 Å². The van der Waals surface area contributed by atoms with E-state index in [9.17, 15) is 9.59 Å². The third-order valence-corrected chi connectivity index (χ3v) is 7.36. The summed E-state index contributed by atoms with van der Waals surface area (Å²) in [5.41, 5.74) is 3.43. The number of fused-ring (bicyclic) bond motifs is 1. The number of carbonyl (C=O) groups excluding carboxylic acids is 2. The molecule has 2 heterocycles. The first kappa shape index (κ1) is 25.5. The van der Waals surface area contributed by atoms with Crippen molar-refractivity contribution in [3.8, 4) is 0 Å². The van der Waals surface area contributed by atoms with Crippen LogP contribution in [0.1, 0.15) is 38.8 Å². The predicted molar refractivity (Wildman–Crippen MR) is 156 cm³/mol. The van der Waals surface area contributed by atoms with Crippen LogP contribution in [0, 0.1) is 5.82 Å². The van der Waals surface area contributed by atoms with Crippen molar-refractivity contribution in [3.63, 3.8) is 0 Å². The second-order valence-corrected chi connectivity index (χ2v) is 10.3. The van der Waals surface area contributed by atoms with E-state index in [1.54, 1.807) is 54.6 Å². The first-order chi connectivity index (χ1) is 18.1. The van der Waals surface area contributed by atoms with E-state index in [2.05, 4.69) is 24.8 Å². The Balaban J connectivity index is 1.67. The van der Waals surface area contributed by atoms with Gasteiger partial charge in [0.25, 0.3) is 11.8 Å². The second kappa shape index (κ2) is 9.65. The maximum absolute atomic E-state index is 15.6. The van der Waals surface area contributed by atoms with Crippen molar-refractivity contribution in [2.24, 2.45) is 0 Å². The number of amides is 2. The summed E-state index contributed by atoms with van der Waals surface area (Å²) < 4.78 is 15.6. The summed E-state index contributed by atoms with van der Waals surface area (Å²) in [5.74, 6) is -1.70. The van der Waals surface area contributed by atoms with E-state index in [0.29, 0.717) is 17.9 Å². The number of hydrogen-bond donors (Lipinski definition) is 0. The van der Waals surface area contributed by atoms with Gasteiger partial charge in [-0.25, -0.2) is 4.39 Å². The molecule has 0 atom stereocenters. The fraction of sp³-hybridized carbons (Fsp3) is 0.194. The number of benzene rings is 3. The summed E-state index contributed by atoms with van der Waals surface area (Å²) in [7, 11) is 0. The molecule has 0 bridgehead atoms. The number of halogens is 1. The summed E-state index contributed by atoms with van der Waals surface area (Å²) in [6, 6.07) is 21.0. The van der Waals surface area contributed by atoms with Crippen LogP contribution in [0.15, 0.2) is 84.4 Å². The highest BCUT2D eigenvalue weighted by Gasteiger charge is 2.41. The van der Waals surface area contributed by atoms with Crippen molar-refractivity contribution < 1.29 is 14.0 Å². The molecule has 0 N–H and O–H groups in total. The molecule has 3 aromatic carbocycles. The van der Waals surface area contributed by atoms with E-state index in [1.807, 2.05) is 26.0 Å². The minimum atomic E-state index is -0.598. The lowest BCUT2D eigenvalue weighted by atomic mass is 9.87. The third kappa shape index (κ3) is 4.23. The van der Waals surface area contributed by atoms with Crippen LogP contribution < -0.4 is 14.7 Å². The average molecular weight is 526 g/mol. The van der Waals surface area contributed by atoms with Crippen LogP contribution in [0.5, 0.6) is 0 Å². The van der Waals surface area contributed by atoms with Gasteiger partial charge in [-0.1, -0.05) is 42.5 Å². The normalized spacial score (nSPS) is 17.0. The highest BCUT2D eigenvalue weighted by atomic mass is 32.1. The number of hydrogen-bond acceptors (Lipinski definition) is 4. The smallest absolute Gasteiger partial charge is 0.270 e. The molecule has 0 unspecified atom stereocenters. The van der Waals surface area contributed by atoms with E-state index < -0.39 is 17.6 Å². The SMILES string of the molecule is CCN1c2cc(F)c(C=C3C(=O)N(c4ccccc4)C(=S)N(c4ccccc4)C3=O)cc2C(C)=CC1(C)C. The van der Waals surface area contributed by atoms with Crippen LogP contribution >= 0.6 is 12.2 Å². The Morgan fingerprint density at radius 3 is 1.92 bits per heavy atom. The molecule has 0 radical (unpaired) electrons. The summed E-state index contributed by atoms with van der Waals surface area (Å²) in [6.07, 6.45) is 3.49. The third-order valence-electron chi connectivity index (χ3n) is 6.99. The monoisotopic (exact) mass is 525 g/mol. The van der Waals surface area contributed by atoms with Gasteiger partial charge >= 0.3 is 0 Å². The highest BCUT2D eigenvalue weighted by Crippen LogP contribution is 2.40. The van der Waals surface area contributed by atoms with E-state index in [1.165, 1.54) is 21.9 Å². The number of likely N-dealkylation sites (N-methyl/N-ethyl adjacent to an activating group) is 1. The molecule has 0 saturated carbocycles. The van der Waals surface area contributed by atoms with Crippen LogP contribution in [0.3, 0.4) is 0 Å². The molecule has 0 aromatic heterocycles. The standard InChI is InChI=1S/C31H28FN3O2S/c1-5-33-27-18-26(32)21(16-24(27)20(2)19-31(33,3)4)17-25-28(36)34(22-12-8-6-9-13-22)30(38)35(29(25)37)23-14-10-7-11-15-23/h6-19H,5H2,1-4H3. The van der Waals surface area contributed by atoms with Crippen molar-refractivity contribution in [3.05, 3.63) is 101 Å². The van der Waals surface area contributed by atoms with Crippen LogP contribution in [-0.2, 0) is 9.59 Å². The van der Waals surface area contributed by atoms with Gasteiger partial charge in [-0.15, -0.1) is 0 Å². The highest BCUT2D eigenvalue weighted by molar-refractivity contribution is 7.81.